The molecular weight excluding hydrogens is 136 g/mol. The van der Waals surface area contributed by atoms with Crippen LogP contribution in [-0.2, 0) is 4.74 Å². The van der Waals surface area contributed by atoms with Gasteiger partial charge in [0.25, 0.3) is 0 Å². The van der Waals surface area contributed by atoms with Gasteiger partial charge < -0.3 is 4.74 Å². The van der Waals surface area contributed by atoms with Crippen LogP contribution in [0.25, 0.3) is 0 Å². The lowest BCUT2D eigenvalue weighted by Gasteiger charge is -1.76. The minimum Gasteiger partial charge on any atom is -0.381 e. The van der Waals surface area contributed by atoms with E-state index < -0.39 is 0 Å². The van der Waals surface area contributed by atoms with Crippen LogP contribution in [-0.4, -0.2) is 13.2 Å². The minimum atomic E-state index is 1.00. The van der Waals surface area contributed by atoms with E-state index in [1.807, 2.05) is 13.8 Å². The van der Waals surface area contributed by atoms with Gasteiger partial charge in [0.15, 0.2) is 0 Å². The fourth-order valence-corrected chi connectivity index (χ4v) is 0.510. The summed E-state index contributed by atoms with van der Waals surface area (Å²) in [5.41, 5.74) is 0. The van der Waals surface area contributed by atoms with Gasteiger partial charge in [0.1, 0.15) is 0 Å². The third kappa shape index (κ3) is 17.8. The van der Waals surface area contributed by atoms with Gasteiger partial charge in [-0.1, -0.05) is 40.5 Å². The Bertz CT molecular complexity index is 30.5. The Morgan fingerprint density at radius 3 is 1.36 bits per heavy atom. The van der Waals surface area contributed by atoms with Crippen molar-refractivity contribution < 1.29 is 4.74 Å². The fourth-order valence-electron chi connectivity index (χ4n) is 0.510. The maximum Gasteiger partial charge on any atom is 0.0466 e. The van der Waals surface area contributed by atoms with E-state index in [1.54, 1.807) is 0 Å². The Kier molecular flexibility index (Phi) is 20.3. The molecule has 0 aromatic carbocycles. The van der Waals surface area contributed by atoms with Crippen LogP contribution in [0.15, 0.2) is 0 Å². The van der Waals surface area contributed by atoms with E-state index >= 15 is 0 Å². The van der Waals surface area contributed by atoms with Crippen LogP contribution in [0, 0.1) is 0 Å². The van der Waals surface area contributed by atoms with Crippen molar-refractivity contribution >= 4 is 0 Å². The van der Waals surface area contributed by atoms with Crippen LogP contribution in [0.4, 0.5) is 0 Å². The Balaban J connectivity index is 0. The maximum absolute atomic E-state index is 4.94. The van der Waals surface area contributed by atoms with Gasteiger partial charge in [-0.2, -0.15) is 0 Å². The molecule has 1 heterocycles. The van der Waals surface area contributed by atoms with Crippen LogP contribution in [0.5, 0.6) is 0 Å². The van der Waals surface area contributed by atoms with E-state index in [2.05, 4.69) is 13.8 Å². The molecule has 1 aliphatic rings. The molecule has 70 valence electrons. The lowest BCUT2D eigenvalue weighted by molar-refractivity contribution is 0.198. The molecule has 0 N–H and O–H groups in total. The van der Waals surface area contributed by atoms with Gasteiger partial charge in [-0.15, -0.1) is 0 Å². The lowest BCUT2D eigenvalue weighted by atomic mass is 10.4. The van der Waals surface area contributed by atoms with Crippen molar-refractivity contribution in [3.05, 3.63) is 0 Å². The second-order valence-corrected chi connectivity index (χ2v) is 2.32. The predicted molar refractivity (Wildman–Crippen MR) is 52.0 cm³/mol. The summed E-state index contributed by atoms with van der Waals surface area (Å²) in [7, 11) is 0. The van der Waals surface area contributed by atoms with E-state index in [0.29, 0.717) is 0 Å². The molecule has 0 atom stereocenters. The van der Waals surface area contributed by atoms with Crippen LogP contribution >= 0.6 is 0 Å². The summed E-state index contributed by atoms with van der Waals surface area (Å²) in [5.74, 6) is 0. The summed E-state index contributed by atoms with van der Waals surface area (Å²) in [5, 5.41) is 0. The SMILES string of the molecule is C1CCOC1.CC.CCCC. The predicted octanol–water partition coefficient (Wildman–Crippen LogP) is 3.63. The molecule has 0 saturated carbocycles. The normalized spacial score (nSPS) is 14.2. The molecule has 1 fully saturated rings. The molecule has 0 unspecified atom stereocenters. The van der Waals surface area contributed by atoms with Crippen LogP contribution < -0.4 is 0 Å². The Labute approximate surface area is 72.1 Å². The van der Waals surface area contributed by atoms with E-state index in [1.165, 1.54) is 25.7 Å². The molecule has 0 aliphatic carbocycles. The minimum absolute atomic E-state index is 1.00. The highest BCUT2D eigenvalue weighted by atomic mass is 16.5. The summed E-state index contributed by atoms with van der Waals surface area (Å²) < 4.78 is 4.94. The summed E-state index contributed by atoms with van der Waals surface area (Å²) >= 11 is 0. The molecule has 1 saturated heterocycles. The van der Waals surface area contributed by atoms with Gasteiger partial charge in [0.05, 0.1) is 0 Å². The van der Waals surface area contributed by atoms with Crippen molar-refractivity contribution in [2.24, 2.45) is 0 Å². The lowest BCUT2D eigenvalue weighted by Crippen LogP contribution is -1.74. The van der Waals surface area contributed by atoms with E-state index in [9.17, 15) is 0 Å². The van der Waals surface area contributed by atoms with Gasteiger partial charge >= 0.3 is 0 Å². The molecule has 11 heavy (non-hydrogen) atoms. The van der Waals surface area contributed by atoms with Crippen LogP contribution in [0.3, 0.4) is 0 Å². The molecule has 0 spiro atoms. The monoisotopic (exact) mass is 160 g/mol. The first-order chi connectivity index (χ1) is 5.41. The third-order valence-electron chi connectivity index (χ3n) is 1.33. The second-order valence-electron chi connectivity index (χ2n) is 2.32. The first-order valence-corrected chi connectivity index (χ1v) is 4.99. The van der Waals surface area contributed by atoms with Crippen molar-refractivity contribution in [2.45, 2.75) is 53.4 Å². The van der Waals surface area contributed by atoms with Crippen molar-refractivity contribution in [1.29, 1.82) is 0 Å². The van der Waals surface area contributed by atoms with E-state index in [4.69, 9.17) is 4.74 Å². The molecule has 0 bridgehead atoms. The van der Waals surface area contributed by atoms with Crippen LogP contribution in [0.1, 0.15) is 53.4 Å². The number of rotatable bonds is 1. The largest absolute Gasteiger partial charge is 0.381 e. The van der Waals surface area contributed by atoms with Gasteiger partial charge in [-0.3, -0.25) is 0 Å². The zero-order valence-electron chi connectivity index (χ0n) is 8.65. The van der Waals surface area contributed by atoms with Gasteiger partial charge in [-0.25, -0.2) is 0 Å². The molecule has 1 rings (SSSR count). The molecule has 0 aromatic heterocycles. The van der Waals surface area contributed by atoms with Crippen LogP contribution in [0.2, 0.25) is 0 Å². The smallest absolute Gasteiger partial charge is 0.0466 e. The Morgan fingerprint density at radius 1 is 0.909 bits per heavy atom. The van der Waals surface area contributed by atoms with E-state index in [0.717, 1.165) is 13.2 Å². The molecule has 1 heteroatoms. The average molecular weight is 160 g/mol. The molecule has 0 amide bonds. The third-order valence-corrected chi connectivity index (χ3v) is 1.33. The van der Waals surface area contributed by atoms with Gasteiger partial charge in [-0.05, 0) is 12.8 Å². The Morgan fingerprint density at radius 2 is 1.27 bits per heavy atom. The summed E-state index contributed by atoms with van der Waals surface area (Å²) in [6.07, 6.45) is 5.19. The number of ether oxygens (including phenoxy) is 1. The summed E-state index contributed by atoms with van der Waals surface area (Å²) in [6.45, 7) is 10.4. The average Bonchev–Trinajstić information content (AvgIpc) is 2.65. The summed E-state index contributed by atoms with van der Waals surface area (Å²) in [4.78, 5) is 0. The highest BCUT2D eigenvalue weighted by Crippen LogP contribution is 1.98. The number of hydrogen-bond acceptors (Lipinski definition) is 1. The number of unbranched alkanes of at least 4 members (excludes halogenated alkanes) is 1. The molecular formula is C10H24O. The van der Waals surface area contributed by atoms with Crippen molar-refractivity contribution in [1.82, 2.24) is 0 Å². The maximum atomic E-state index is 4.94. The zero-order valence-corrected chi connectivity index (χ0v) is 8.65. The highest BCUT2D eigenvalue weighted by Gasteiger charge is 1.94. The second kappa shape index (κ2) is 16.5. The zero-order chi connectivity index (χ0) is 8.95. The molecule has 0 aromatic rings. The first kappa shape index (κ1) is 13.5. The van der Waals surface area contributed by atoms with Crippen molar-refractivity contribution in [2.75, 3.05) is 13.2 Å². The van der Waals surface area contributed by atoms with E-state index in [-0.39, 0.29) is 0 Å². The highest BCUT2D eigenvalue weighted by molar-refractivity contribution is 4.43. The molecule has 1 nitrogen and oxygen atoms in total. The standard InChI is InChI=1S/C4H8O.C4H10.C2H6/c1-2-4-5-3-1;1-3-4-2;1-2/h1-4H2;3-4H2,1-2H3;1-2H3. The van der Waals surface area contributed by atoms with Gasteiger partial charge in [0.2, 0.25) is 0 Å². The fraction of sp³-hybridized carbons (Fsp3) is 1.00. The molecule has 1 aliphatic heterocycles. The molecule has 0 radical (unpaired) electrons. The topological polar surface area (TPSA) is 9.23 Å². The Hall–Kier alpha value is -0.0400. The number of hydrogen-bond donors (Lipinski definition) is 0. The van der Waals surface area contributed by atoms with Gasteiger partial charge in [0, 0.05) is 13.2 Å². The van der Waals surface area contributed by atoms with Crippen molar-refractivity contribution in [3.8, 4) is 0 Å². The summed E-state index contributed by atoms with van der Waals surface area (Å²) in [6, 6.07) is 0. The quantitative estimate of drug-likeness (QED) is 0.569. The van der Waals surface area contributed by atoms with Crippen molar-refractivity contribution in [3.63, 3.8) is 0 Å². The first-order valence-electron chi connectivity index (χ1n) is 4.99.